The molecule has 32 heavy (non-hydrogen) atoms. The standard InChI is InChI=1S/C22H27N3O7/c1-22(2,3)32-21(31)23-9-8-18(28)25-15-7-5-4-6-13(15)12-24-20(30)14-10-16(26)19(29)17(27)11-14/h4-7,10-11,26-27,29H,8-9,12H2,1-3H3,(H,23,31)(H,24,30)(H,25,28). The molecule has 0 aliphatic carbocycles. The van der Waals surface area contributed by atoms with Gasteiger partial charge in [0.2, 0.25) is 5.91 Å². The average Bonchev–Trinajstić information content (AvgIpc) is 2.69. The van der Waals surface area contributed by atoms with Crippen LogP contribution in [0.25, 0.3) is 0 Å². The summed E-state index contributed by atoms with van der Waals surface area (Å²) >= 11 is 0. The molecule has 2 aromatic carbocycles. The van der Waals surface area contributed by atoms with Gasteiger partial charge < -0.3 is 36.0 Å². The van der Waals surface area contributed by atoms with Gasteiger partial charge in [0, 0.05) is 30.8 Å². The number of anilines is 1. The predicted octanol–water partition coefficient (Wildman–Crippen LogP) is 2.59. The first kappa shape index (κ1) is 24.3. The molecule has 2 rings (SSSR count). The summed E-state index contributed by atoms with van der Waals surface area (Å²) in [6.45, 7) is 5.35. The fraction of sp³-hybridized carbons (Fsp3) is 0.318. The van der Waals surface area contributed by atoms with Crippen LogP contribution < -0.4 is 16.0 Å². The van der Waals surface area contributed by atoms with Gasteiger partial charge in [0.25, 0.3) is 5.91 Å². The van der Waals surface area contributed by atoms with Crippen LogP contribution in [-0.4, -0.2) is 45.4 Å². The molecule has 0 bridgehead atoms. The summed E-state index contributed by atoms with van der Waals surface area (Å²) in [5.41, 5.74) is 0.411. The van der Waals surface area contributed by atoms with Gasteiger partial charge >= 0.3 is 6.09 Å². The Bertz CT molecular complexity index is 976. The molecule has 0 spiro atoms. The van der Waals surface area contributed by atoms with Crippen LogP contribution in [0.1, 0.15) is 43.1 Å². The highest BCUT2D eigenvalue weighted by Gasteiger charge is 2.17. The van der Waals surface area contributed by atoms with Crippen molar-refractivity contribution in [2.24, 2.45) is 0 Å². The van der Waals surface area contributed by atoms with Gasteiger partial charge in [-0.15, -0.1) is 0 Å². The van der Waals surface area contributed by atoms with Gasteiger partial charge in [-0.3, -0.25) is 9.59 Å². The van der Waals surface area contributed by atoms with E-state index in [4.69, 9.17) is 4.74 Å². The number of carbonyl (C=O) groups excluding carboxylic acids is 3. The molecule has 0 aliphatic rings. The maximum atomic E-state index is 12.3. The maximum Gasteiger partial charge on any atom is 0.407 e. The second kappa shape index (κ2) is 10.4. The molecule has 0 saturated carbocycles. The zero-order chi connectivity index (χ0) is 23.9. The Morgan fingerprint density at radius 1 is 0.969 bits per heavy atom. The number of hydrogen-bond donors (Lipinski definition) is 6. The maximum absolute atomic E-state index is 12.3. The number of rotatable bonds is 7. The van der Waals surface area contributed by atoms with E-state index in [9.17, 15) is 29.7 Å². The molecule has 0 fully saturated rings. The molecule has 6 N–H and O–H groups in total. The Hall–Kier alpha value is -3.95. The molecule has 0 atom stereocenters. The fourth-order valence-corrected chi connectivity index (χ4v) is 2.61. The van der Waals surface area contributed by atoms with Crippen LogP contribution in [0.15, 0.2) is 36.4 Å². The lowest BCUT2D eigenvalue weighted by molar-refractivity contribution is -0.116. The Morgan fingerprint density at radius 3 is 2.22 bits per heavy atom. The van der Waals surface area contributed by atoms with E-state index in [0.29, 0.717) is 11.3 Å². The minimum atomic E-state index is -0.712. The highest BCUT2D eigenvalue weighted by atomic mass is 16.6. The number of ether oxygens (including phenoxy) is 1. The first-order valence-corrected chi connectivity index (χ1v) is 9.84. The average molecular weight is 445 g/mol. The molecular formula is C22H27N3O7. The van der Waals surface area contributed by atoms with Gasteiger partial charge in [-0.25, -0.2) is 4.79 Å². The van der Waals surface area contributed by atoms with Crippen LogP contribution in [0.3, 0.4) is 0 Å². The number of aromatic hydroxyl groups is 3. The molecule has 0 aromatic heterocycles. The molecule has 0 aliphatic heterocycles. The minimum absolute atomic E-state index is 0.0198. The fourth-order valence-electron chi connectivity index (χ4n) is 2.61. The molecule has 10 nitrogen and oxygen atoms in total. The molecule has 0 radical (unpaired) electrons. The van der Waals surface area contributed by atoms with Crippen LogP contribution in [0.4, 0.5) is 10.5 Å². The van der Waals surface area contributed by atoms with E-state index in [2.05, 4.69) is 16.0 Å². The van der Waals surface area contributed by atoms with E-state index in [-0.39, 0.29) is 31.0 Å². The van der Waals surface area contributed by atoms with Gasteiger partial charge in [0.1, 0.15) is 5.60 Å². The molecule has 10 heteroatoms. The predicted molar refractivity (Wildman–Crippen MR) is 117 cm³/mol. The van der Waals surface area contributed by atoms with Gasteiger partial charge in [-0.05, 0) is 44.5 Å². The van der Waals surface area contributed by atoms with Crippen molar-refractivity contribution >= 4 is 23.6 Å². The van der Waals surface area contributed by atoms with E-state index in [0.717, 1.165) is 12.1 Å². The highest BCUT2D eigenvalue weighted by molar-refractivity contribution is 5.96. The van der Waals surface area contributed by atoms with Crippen molar-refractivity contribution in [3.05, 3.63) is 47.5 Å². The zero-order valence-corrected chi connectivity index (χ0v) is 18.1. The van der Waals surface area contributed by atoms with E-state index >= 15 is 0 Å². The third kappa shape index (κ3) is 7.38. The number of phenols is 3. The quantitative estimate of drug-likeness (QED) is 0.358. The number of amides is 3. The second-order valence-corrected chi connectivity index (χ2v) is 7.93. The summed E-state index contributed by atoms with van der Waals surface area (Å²) in [6.07, 6.45) is -0.592. The van der Waals surface area contributed by atoms with Crippen molar-refractivity contribution < 1.29 is 34.4 Å². The van der Waals surface area contributed by atoms with Crippen molar-refractivity contribution in [3.63, 3.8) is 0 Å². The van der Waals surface area contributed by atoms with Crippen LogP contribution in [0.2, 0.25) is 0 Å². The van der Waals surface area contributed by atoms with Gasteiger partial charge in [-0.1, -0.05) is 18.2 Å². The summed E-state index contributed by atoms with van der Waals surface area (Å²) in [4.78, 5) is 36.2. The number of carbonyl (C=O) groups is 3. The number of benzene rings is 2. The number of alkyl carbamates (subject to hydrolysis) is 1. The summed E-state index contributed by atoms with van der Waals surface area (Å²) in [5.74, 6) is -2.90. The first-order valence-electron chi connectivity index (χ1n) is 9.84. The smallest absolute Gasteiger partial charge is 0.407 e. The van der Waals surface area contributed by atoms with Crippen molar-refractivity contribution in [2.45, 2.75) is 39.3 Å². The topological polar surface area (TPSA) is 157 Å². The van der Waals surface area contributed by atoms with Crippen LogP contribution >= 0.6 is 0 Å². The lowest BCUT2D eigenvalue weighted by Crippen LogP contribution is -2.34. The summed E-state index contributed by atoms with van der Waals surface area (Å²) < 4.78 is 5.10. The van der Waals surface area contributed by atoms with Crippen LogP contribution in [0.5, 0.6) is 17.2 Å². The molecule has 0 unspecified atom stereocenters. The first-order chi connectivity index (χ1) is 15.0. The number of nitrogens with one attached hydrogen (secondary N) is 3. The van der Waals surface area contributed by atoms with Gasteiger partial charge in [-0.2, -0.15) is 0 Å². The third-order valence-corrected chi connectivity index (χ3v) is 4.08. The molecule has 3 amide bonds. The summed E-state index contributed by atoms with van der Waals surface area (Å²) in [7, 11) is 0. The largest absolute Gasteiger partial charge is 0.504 e. The SMILES string of the molecule is CC(C)(C)OC(=O)NCCC(=O)Nc1ccccc1CNC(=O)c1cc(O)c(O)c(O)c1. The number of hydrogen-bond acceptors (Lipinski definition) is 7. The van der Waals surface area contributed by atoms with Crippen LogP contribution in [0, 0.1) is 0 Å². The normalized spacial score (nSPS) is 10.8. The van der Waals surface area contributed by atoms with Crippen LogP contribution in [-0.2, 0) is 16.1 Å². The lowest BCUT2D eigenvalue weighted by Gasteiger charge is -2.19. The van der Waals surface area contributed by atoms with Crippen molar-refractivity contribution in [1.82, 2.24) is 10.6 Å². The molecular weight excluding hydrogens is 418 g/mol. The Labute approximate surface area is 185 Å². The molecule has 2 aromatic rings. The number of para-hydroxylation sites is 1. The van der Waals surface area contributed by atoms with Crippen molar-refractivity contribution in [1.29, 1.82) is 0 Å². The van der Waals surface area contributed by atoms with E-state index in [1.807, 2.05) is 0 Å². The van der Waals surface area contributed by atoms with E-state index in [1.54, 1.807) is 45.0 Å². The Morgan fingerprint density at radius 2 is 1.59 bits per heavy atom. The monoisotopic (exact) mass is 445 g/mol. The van der Waals surface area contributed by atoms with E-state index < -0.39 is 34.9 Å². The van der Waals surface area contributed by atoms with Gasteiger partial charge in [0.05, 0.1) is 0 Å². The minimum Gasteiger partial charge on any atom is -0.504 e. The zero-order valence-electron chi connectivity index (χ0n) is 18.1. The van der Waals surface area contributed by atoms with Gasteiger partial charge in [0.15, 0.2) is 17.2 Å². The number of phenolic OH excluding ortho intramolecular Hbond substituents is 3. The lowest BCUT2D eigenvalue weighted by atomic mass is 10.1. The Kier molecular flexibility index (Phi) is 7.89. The van der Waals surface area contributed by atoms with E-state index in [1.165, 1.54) is 0 Å². The molecule has 172 valence electrons. The summed E-state index contributed by atoms with van der Waals surface area (Å²) in [6, 6.07) is 8.88. The Balaban J connectivity index is 1.91. The van der Waals surface area contributed by atoms with Crippen molar-refractivity contribution in [2.75, 3.05) is 11.9 Å². The second-order valence-electron chi connectivity index (χ2n) is 7.93. The van der Waals surface area contributed by atoms with Crippen molar-refractivity contribution in [3.8, 4) is 17.2 Å². The molecule has 0 heterocycles. The summed E-state index contributed by atoms with van der Waals surface area (Å²) in [5, 5.41) is 36.3. The highest BCUT2D eigenvalue weighted by Crippen LogP contribution is 2.35. The third-order valence-electron chi connectivity index (χ3n) is 4.08. The molecule has 0 saturated heterocycles.